The second-order valence-corrected chi connectivity index (χ2v) is 4.96. The van der Waals surface area contributed by atoms with E-state index in [4.69, 9.17) is 0 Å². The number of hydrogen-bond donors (Lipinski definition) is 2. The molecule has 0 fully saturated rings. The fraction of sp³-hybridized carbons (Fsp3) is 0.556. The molecule has 0 aliphatic heterocycles. The van der Waals surface area contributed by atoms with Crippen LogP contribution in [0.3, 0.4) is 0 Å². The molecule has 74 valence electrons. The van der Waals surface area contributed by atoms with E-state index in [9.17, 15) is 4.21 Å². The van der Waals surface area contributed by atoms with Gasteiger partial charge in [0.1, 0.15) is 0 Å². The van der Waals surface area contributed by atoms with E-state index in [0.717, 1.165) is 13.1 Å². The van der Waals surface area contributed by atoms with E-state index in [2.05, 4.69) is 10.3 Å². The van der Waals surface area contributed by atoms with Gasteiger partial charge in [-0.2, -0.15) is 0 Å². The summed E-state index contributed by atoms with van der Waals surface area (Å²) in [7, 11) is -0.729. The third kappa shape index (κ3) is 3.74. The maximum absolute atomic E-state index is 11.0. The summed E-state index contributed by atoms with van der Waals surface area (Å²) < 4.78 is 11.0. The molecular weight excluding hydrogens is 184 g/mol. The van der Waals surface area contributed by atoms with Crippen LogP contribution in [0, 0.1) is 0 Å². The van der Waals surface area contributed by atoms with Crippen molar-refractivity contribution in [3.05, 3.63) is 24.0 Å². The fourth-order valence-electron chi connectivity index (χ4n) is 1.01. The van der Waals surface area contributed by atoms with Gasteiger partial charge in [-0.1, -0.05) is 0 Å². The van der Waals surface area contributed by atoms with Crippen molar-refractivity contribution in [1.29, 1.82) is 0 Å². The molecule has 0 radical (unpaired) electrons. The normalized spacial score (nSPS) is 15.5. The van der Waals surface area contributed by atoms with Gasteiger partial charge in [0, 0.05) is 47.8 Å². The molecule has 4 heteroatoms. The molecule has 0 aliphatic carbocycles. The lowest BCUT2D eigenvalue weighted by Crippen LogP contribution is -2.26. The predicted molar refractivity (Wildman–Crippen MR) is 56.0 cm³/mol. The van der Waals surface area contributed by atoms with E-state index in [-0.39, 0.29) is 5.25 Å². The van der Waals surface area contributed by atoms with E-state index < -0.39 is 10.8 Å². The summed E-state index contributed by atoms with van der Waals surface area (Å²) in [5.41, 5.74) is 1.23. The average Bonchev–Trinajstić information content (AvgIpc) is 2.56. The van der Waals surface area contributed by atoms with Crippen LogP contribution in [-0.4, -0.2) is 27.2 Å². The number of H-pyrrole nitrogens is 1. The first-order valence-corrected chi connectivity index (χ1v) is 5.97. The molecule has 0 amide bonds. The average molecular weight is 200 g/mol. The molecule has 2 atom stereocenters. The SMILES string of the molecule is CC(CNCc1cc[nH]c1)S(C)=O. The highest BCUT2D eigenvalue weighted by atomic mass is 32.2. The van der Waals surface area contributed by atoms with Gasteiger partial charge in [-0.15, -0.1) is 0 Å². The molecule has 1 aromatic rings. The molecule has 0 spiro atoms. The minimum atomic E-state index is -0.729. The highest BCUT2D eigenvalue weighted by molar-refractivity contribution is 7.84. The summed E-state index contributed by atoms with van der Waals surface area (Å²) in [5.74, 6) is 0. The van der Waals surface area contributed by atoms with E-state index in [1.54, 1.807) is 6.26 Å². The number of aromatic nitrogens is 1. The fourth-order valence-corrected chi connectivity index (χ4v) is 1.36. The Morgan fingerprint density at radius 3 is 3.00 bits per heavy atom. The Morgan fingerprint density at radius 1 is 1.69 bits per heavy atom. The Morgan fingerprint density at radius 2 is 2.46 bits per heavy atom. The van der Waals surface area contributed by atoms with Crippen molar-refractivity contribution in [3.63, 3.8) is 0 Å². The topological polar surface area (TPSA) is 44.9 Å². The van der Waals surface area contributed by atoms with Crippen LogP contribution in [0.2, 0.25) is 0 Å². The molecule has 1 heterocycles. The Hall–Kier alpha value is -0.610. The van der Waals surface area contributed by atoms with E-state index >= 15 is 0 Å². The van der Waals surface area contributed by atoms with Crippen molar-refractivity contribution < 1.29 is 4.21 Å². The smallest absolute Gasteiger partial charge is 0.0441 e. The molecule has 13 heavy (non-hydrogen) atoms. The molecule has 0 bridgehead atoms. The standard InChI is InChI=1S/C9H16N2OS/c1-8(13(2)12)5-11-7-9-3-4-10-6-9/h3-4,6,8,10-11H,5,7H2,1-2H3. The second kappa shape index (κ2) is 5.19. The van der Waals surface area contributed by atoms with Crippen LogP contribution in [0.1, 0.15) is 12.5 Å². The van der Waals surface area contributed by atoms with Gasteiger partial charge in [-0.25, -0.2) is 0 Å². The van der Waals surface area contributed by atoms with E-state index in [1.807, 2.05) is 25.4 Å². The van der Waals surface area contributed by atoms with Crippen LogP contribution >= 0.6 is 0 Å². The van der Waals surface area contributed by atoms with Crippen LogP contribution in [0.25, 0.3) is 0 Å². The van der Waals surface area contributed by atoms with Gasteiger partial charge in [0.2, 0.25) is 0 Å². The lowest BCUT2D eigenvalue weighted by molar-refractivity contribution is 0.647. The monoisotopic (exact) mass is 200 g/mol. The van der Waals surface area contributed by atoms with Gasteiger partial charge < -0.3 is 10.3 Å². The van der Waals surface area contributed by atoms with Gasteiger partial charge in [-0.3, -0.25) is 4.21 Å². The van der Waals surface area contributed by atoms with Crippen LogP contribution in [0.5, 0.6) is 0 Å². The summed E-state index contributed by atoms with van der Waals surface area (Å²) >= 11 is 0. The summed E-state index contributed by atoms with van der Waals surface area (Å²) in [6.45, 7) is 3.62. The van der Waals surface area contributed by atoms with Crippen LogP contribution in [-0.2, 0) is 17.3 Å². The van der Waals surface area contributed by atoms with Gasteiger partial charge in [0.25, 0.3) is 0 Å². The number of hydrogen-bond acceptors (Lipinski definition) is 2. The summed E-state index contributed by atoms with van der Waals surface area (Å²) in [4.78, 5) is 2.99. The van der Waals surface area contributed by atoms with Gasteiger partial charge >= 0.3 is 0 Å². The van der Waals surface area contributed by atoms with Gasteiger partial charge in [0.05, 0.1) is 0 Å². The Labute approximate surface area is 81.4 Å². The van der Waals surface area contributed by atoms with E-state index in [1.165, 1.54) is 5.56 Å². The first-order valence-electron chi connectivity index (χ1n) is 4.34. The third-order valence-corrected chi connectivity index (χ3v) is 3.29. The van der Waals surface area contributed by atoms with Crippen molar-refractivity contribution in [3.8, 4) is 0 Å². The maximum atomic E-state index is 11.0. The predicted octanol–water partition coefficient (Wildman–Crippen LogP) is 0.871. The Balaban J connectivity index is 2.18. The maximum Gasteiger partial charge on any atom is 0.0441 e. The molecule has 0 saturated carbocycles. The molecule has 0 aliphatic rings. The zero-order valence-electron chi connectivity index (χ0n) is 8.04. The molecular formula is C9H16N2OS. The number of aromatic amines is 1. The highest BCUT2D eigenvalue weighted by Gasteiger charge is 2.04. The first-order chi connectivity index (χ1) is 6.20. The largest absolute Gasteiger partial charge is 0.367 e. The van der Waals surface area contributed by atoms with Crippen molar-refractivity contribution in [2.45, 2.75) is 18.7 Å². The lowest BCUT2D eigenvalue weighted by atomic mass is 10.3. The molecule has 2 N–H and O–H groups in total. The third-order valence-electron chi connectivity index (χ3n) is 1.99. The minimum Gasteiger partial charge on any atom is -0.367 e. The number of nitrogens with one attached hydrogen (secondary N) is 2. The first kappa shape index (κ1) is 10.5. The summed E-state index contributed by atoms with van der Waals surface area (Å²) in [6.07, 6.45) is 5.60. The second-order valence-electron chi connectivity index (χ2n) is 3.16. The Bertz CT molecular complexity index is 259. The van der Waals surface area contributed by atoms with E-state index in [0.29, 0.717) is 0 Å². The molecule has 0 aromatic carbocycles. The quantitative estimate of drug-likeness (QED) is 0.741. The van der Waals surface area contributed by atoms with Crippen molar-refractivity contribution >= 4 is 10.8 Å². The Kier molecular flexibility index (Phi) is 4.18. The van der Waals surface area contributed by atoms with Crippen LogP contribution in [0.15, 0.2) is 18.5 Å². The number of rotatable bonds is 5. The summed E-state index contributed by atoms with van der Waals surface area (Å²) in [6, 6.07) is 2.03. The van der Waals surface area contributed by atoms with Crippen molar-refractivity contribution in [2.75, 3.05) is 12.8 Å². The van der Waals surface area contributed by atoms with Crippen molar-refractivity contribution in [2.24, 2.45) is 0 Å². The minimum absolute atomic E-state index is 0.221. The lowest BCUT2D eigenvalue weighted by Gasteiger charge is -2.08. The molecule has 1 aromatic heterocycles. The zero-order valence-corrected chi connectivity index (χ0v) is 8.86. The van der Waals surface area contributed by atoms with Gasteiger partial charge in [-0.05, 0) is 18.6 Å². The van der Waals surface area contributed by atoms with Crippen LogP contribution < -0.4 is 5.32 Å². The molecule has 2 unspecified atom stereocenters. The molecule has 3 nitrogen and oxygen atoms in total. The highest BCUT2D eigenvalue weighted by Crippen LogP contribution is 1.96. The van der Waals surface area contributed by atoms with Crippen LogP contribution in [0.4, 0.5) is 0 Å². The van der Waals surface area contributed by atoms with Crippen molar-refractivity contribution in [1.82, 2.24) is 10.3 Å². The summed E-state index contributed by atoms with van der Waals surface area (Å²) in [5, 5.41) is 3.48. The zero-order chi connectivity index (χ0) is 9.68. The van der Waals surface area contributed by atoms with Gasteiger partial charge in [0.15, 0.2) is 0 Å². The molecule has 1 rings (SSSR count). The molecule has 0 saturated heterocycles.